The Morgan fingerprint density at radius 1 is 0.971 bits per heavy atom. The number of nitrogens with zero attached hydrogens (tertiary/aromatic N) is 7. The van der Waals surface area contributed by atoms with Gasteiger partial charge in [0.1, 0.15) is 11.6 Å². The molecule has 0 unspecified atom stereocenters. The number of carbonyl (C=O) groups excluding carboxylic acids is 1. The number of nitrogens with one attached hydrogen (secondary N) is 1. The Bertz CT molecular complexity index is 1710. The van der Waals surface area contributed by atoms with Crippen molar-refractivity contribution in [3.8, 4) is 0 Å². The minimum absolute atomic E-state index is 0.214. The molecule has 6 aromatic rings. The van der Waals surface area contributed by atoms with Crippen LogP contribution in [0.4, 0.5) is 0 Å². The highest BCUT2D eigenvalue weighted by molar-refractivity contribution is 6.04. The SMILES string of the molecule is Cc1ccc2c(c1)nc(Cn1nc(C(=O)NCCc3nnc4ccccn34)c3ccccc31)n2C. The van der Waals surface area contributed by atoms with Crippen molar-refractivity contribution in [2.24, 2.45) is 7.05 Å². The van der Waals surface area contributed by atoms with Gasteiger partial charge in [-0.05, 0) is 42.8 Å². The highest BCUT2D eigenvalue weighted by atomic mass is 16.1. The minimum Gasteiger partial charge on any atom is -0.350 e. The number of pyridine rings is 1. The lowest BCUT2D eigenvalue weighted by atomic mass is 10.2. The van der Waals surface area contributed by atoms with Crippen LogP contribution in [0.3, 0.4) is 0 Å². The Morgan fingerprint density at radius 3 is 2.74 bits per heavy atom. The molecule has 2 aromatic carbocycles. The van der Waals surface area contributed by atoms with Crippen molar-refractivity contribution in [1.82, 2.24) is 39.2 Å². The normalized spacial score (nSPS) is 11.6. The Morgan fingerprint density at radius 2 is 1.83 bits per heavy atom. The second-order valence-electron chi connectivity index (χ2n) is 8.65. The van der Waals surface area contributed by atoms with E-state index < -0.39 is 0 Å². The monoisotopic (exact) mass is 464 g/mol. The van der Waals surface area contributed by atoms with E-state index in [-0.39, 0.29) is 5.91 Å². The molecule has 0 saturated carbocycles. The molecular weight excluding hydrogens is 440 g/mol. The van der Waals surface area contributed by atoms with E-state index in [1.54, 1.807) is 0 Å². The first-order chi connectivity index (χ1) is 17.1. The molecule has 174 valence electrons. The number of aryl methyl sites for hydroxylation is 2. The second-order valence-corrected chi connectivity index (χ2v) is 8.65. The van der Waals surface area contributed by atoms with E-state index in [0.29, 0.717) is 25.2 Å². The maximum atomic E-state index is 13.1. The lowest BCUT2D eigenvalue weighted by Crippen LogP contribution is -2.27. The van der Waals surface area contributed by atoms with Gasteiger partial charge in [-0.3, -0.25) is 13.9 Å². The first kappa shape index (κ1) is 21.0. The number of amides is 1. The van der Waals surface area contributed by atoms with Gasteiger partial charge in [-0.2, -0.15) is 5.10 Å². The molecule has 0 aliphatic carbocycles. The summed E-state index contributed by atoms with van der Waals surface area (Å²) >= 11 is 0. The summed E-state index contributed by atoms with van der Waals surface area (Å²) in [5.41, 5.74) is 5.28. The molecule has 6 rings (SSSR count). The van der Waals surface area contributed by atoms with Gasteiger partial charge in [0.15, 0.2) is 11.3 Å². The van der Waals surface area contributed by atoms with Gasteiger partial charge in [0.25, 0.3) is 5.91 Å². The molecule has 1 amide bonds. The molecule has 0 radical (unpaired) electrons. The largest absolute Gasteiger partial charge is 0.350 e. The topological polar surface area (TPSA) is 94.9 Å². The van der Waals surface area contributed by atoms with Crippen LogP contribution >= 0.6 is 0 Å². The zero-order valence-corrected chi connectivity index (χ0v) is 19.5. The smallest absolute Gasteiger partial charge is 0.272 e. The number of rotatable bonds is 6. The molecule has 0 aliphatic heterocycles. The van der Waals surface area contributed by atoms with Crippen molar-refractivity contribution < 1.29 is 4.79 Å². The van der Waals surface area contributed by atoms with Crippen LogP contribution in [0.25, 0.3) is 27.6 Å². The third-order valence-corrected chi connectivity index (χ3v) is 6.31. The Balaban J connectivity index is 1.25. The standard InChI is InChI=1S/C26H24N8O/c1-17-10-11-21-19(15-17)28-24(32(21)2)16-34-20-8-4-3-7-18(20)25(31-34)26(35)27-13-12-23-30-29-22-9-5-6-14-33(22)23/h3-11,14-15H,12-13,16H2,1-2H3,(H,27,35). The van der Waals surface area contributed by atoms with Crippen molar-refractivity contribution in [1.29, 1.82) is 0 Å². The van der Waals surface area contributed by atoms with Crippen LogP contribution in [0, 0.1) is 6.92 Å². The highest BCUT2D eigenvalue weighted by Gasteiger charge is 2.19. The van der Waals surface area contributed by atoms with Crippen LogP contribution in [0.1, 0.15) is 27.7 Å². The molecule has 0 saturated heterocycles. The van der Waals surface area contributed by atoms with Crippen molar-refractivity contribution in [2.75, 3.05) is 6.54 Å². The summed E-state index contributed by atoms with van der Waals surface area (Å²) in [6, 6.07) is 19.8. The first-order valence-electron chi connectivity index (χ1n) is 11.5. The molecule has 9 heteroatoms. The third-order valence-electron chi connectivity index (χ3n) is 6.31. The summed E-state index contributed by atoms with van der Waals surface area (Å²) < 4.78 is 5.85. The van der Waals surface area contributed by atoms with E-state index in [1.807, 2.05) is 64.8 Å². The quantitative estimate of drug-likeness (QED) is 0.408. The lowest BCUT2D eigenvalue weighted by Gasteiger charge is -2.04. The third kappa shape index (κ3) is 3.71. The van der Waals surface area contributed by atoms with Gasteiger partial charge in [-0.25, -0.2) is 4.98 Å². The fourth-order valence-corrected chi connectivity index (χ4v) is 4.48. The number of fused-ring (bicyclic) bond motifs is 3. The summed E-state index contributed by atoms with van der Waals surface area (Å²) in [5.74, 6) is 1.47. The number of aromatic nitrogens is 7. The van der Waals surface area contributed by atoms with Gasteiger partial charge in [0, 0.05) is 31.6 Å². The van der Waals surface area contributed by atoms with E-state index >= 15 is 0 Å². The minimum atomic E-state index is -0.214. The van der Waals surface area contributed by atoms with E-state index in [1.165, 1.54) is 5.56 Å². The van der Waals surface area contributed by atoms with Crippen LogP contribution in [-0.2, 0) is 20.0 Å². The Labute approximate surface area is 201 Å². The average molecular weight is 465 g/mol. The Kier molecular flexibility index (Phi) is 5.02. The zero-order valence-electron chi connectivity index (χ0n) is 19.5. The summed E-state index contributed by atoms with van der Waals surface area (Å²) in [7, 11) is 2.01. The van der Waals surface area contributed by atoms with E-state index in [0.717, 1.165) is 39.2 Å². The summed E-state index contributed by atoms with van der Waals surface area (Å²) in [6.45, 7) is 2.95. The van der Waals surface area contributed by atoms with Gasteiger partial charge in [-0.15, -0.1) is 10.2 Å². The van der Waals surface area contributed by atoms with Gasteiger partial charge < -0.3 is 9.88 Å². The molecule has 0 bridgehead atoms. The highest BCUT2D eigenvalue weighted by Crippen LogP contribution is 2.22. The van der Waals surface area contributed by atoms with E-state index in [9.17, 15) is 4.79 Å². The molecular formula is C26H24N8O. The van der Waals surface area contributed by atoms with Crippen LogP contribution < -0.4 is 5.32 Å². The number of imidazole rings is 1. The fraction of sp³-hybridized carbons (Fsp3) is 0.192. The van der Waals surface area contributed by atoms with Crippen LogP contribution in [-0.4, -0.2) is 46.4 Å². The van der Waals surface area contributed by atoms with Crippen LogP contribution in [0.2, 0.25) is 0 Å². The van der Waals surface area contributed by atoms with E-state index in [4.69, 9.17) is 10.1 Å². The number of benzene rings is 2. The molecule has 0 fully saturated rings. The van der Waals surface area contributed by atoms with Crippen molar-refractivity contribution in [2.45, 2.75) is 19.9 Å². The second kappa shape index (κ2) is 8.35. The first-order valence-corrected chi connectivity index (χ1v) is 11.5. The number of hydrogen-bond acceptors (Lipinski definition) is 5. The zero-order chi connectivity index (χ0) is 23.9. The average Bonchev–Trinajstić information content (AvgIpc) is 3.54. The number of carbonyl (C=O) groups is 1. The Hall–Kier alpha value is -4.53. The fourth-order valence-electron chi connectivity index (χ4n) is 4.48. The lowest BCUT2D eigenvalue weighted by molar-refractivity contribution is 0.0949. The molecule has 35 heavy (non-hydrogen) atoms. The maximum absolute atomic E-state index is 13.1. The molecule has 0 spiro atoms. The molecule has 0 atom stereocenters. The predicted octanol–water partition coefficient (Wildman–Crippen LogP) is 3.29. The van der Waals surface area contributed by atoms with Crippen LogP contribution in [0.15, 0.2) is 66.9 Å². The molecule has 9 nitrogen and oxygen atoms in total. The summed E-state index contributed by atoms with van der Waals surface area (Å²) in [4.78, 5) is 17.9. The van der Waals surface area contributed by atoms with Crippen molar-refractivity contribution in [3.63, 3.8) is 0 Å². The van der Waals surface area contributed by atoms with E-state index in [2.05, 4.69) is 45.2 Å². The van der Waals surface area contributed by atoms with Gasteiger partial charge in [-0.1, -0.05) is 30.3 Å². The number of hydrogen-bond donors (Lipinski definition) is 1. The van der Waals surface area contributed by atoms with Gasteiger partial charge >= 0.3 is 0 Å². The predicted molar refractivity (Wildman–Crippen MR) is 133 cm³/mol. The number of para-hydroxylation sites is 1. The van der Waals surface area contributed by atoms with Crippen LogP contribution in [0.5, 0.6) is 0 Å². The van der Waals surface area contributed by atoms with Crippen molar-refractivity contribution >= 4 is 33.5 Å². The molecule has 4 aromatic heterocycles. The van der Waals surface area contributed by atoms with Crippen molar-refractivity contribution in [3.05, 3.63) is 89.8 Å². The summed E-state index contributed by atoms with van der Waals surface area (Å²) in [6.07, 6.45) is 2.48. The molecule has 0 aliphatic rings. The van der Waals surface area contributed by atoms with Gasteiger partial charge in [0.05, 0.1) is 23.1 Å². The molecule has 1 N–H and O–H groups in total. The maximum Gasteiger partial charge on any atom is 0.272 e. The summed E-state index contributed by atoms with van der Waals surface area (Å²) in [5, 5.41) is 16.9. The molecule has 4 heterocycles. The van der Waals surface area contributed by atoms with Gasteiger partial charge in [0.2, 0.25) is 0 Å².